The van der Waals surface area contributed by atoms with Crippen molar-refractivity contribution in [1.29, 1.82) is 0 Å². The van der Waals surface area contributed by atoms with Gasteiger partial charge >= 0.3 is 0 Å². The van der Waals surface area contributed by atoms with E-state index in [1.165, 1.54) is 0 Å². The molecule has 27 heavy (non-hydrogen) atoms. The van der Waals surface area contributed by atoms with Gasteiger partial charge in [-0.2, -0.15) is 0 Å². The molecule has 0 bridgehead atoms. The van der Waals surface area contributed by atoms with Gasteiger partial charge in [-0.05, 0) is 25.5 Å². The minimum atomic E-state index is -0.779. The first-order valence-corrected chi connectivity index (χ1v) is 9.67. The molecule has 3 N–H and O–H groups in total. The van der Waals surface area contributed by atoms with Gasteiger partial charge in [-0.1, -0.05) is 30.7 Å². The highest BCUT2D eigenvalue weighted by Gasteiger charge is 2.29. The lowest BCUT2D eigenvalue weighted by atomic mass is 9.95. The molecule has 2 rings (SSSR count). The Morgan fingerprint density at radius 1 is 1.30 bits per heavy atom. The van der Waals surface area contributed by atoms with Crippen molar-refractivity contribution < 1.29 is 14.6 Å². The fourth-order valence-corrected chi connectivity index (χ4v) is 2.86. The normalized spacial score (nSPS) is 17.6. The second kappa shape index (κ2) is 12.6. The minimum absolute atomic E-state index is 0. The van der Waals surface area contributed by atoms with Crippen molar-refractivity contribution in [3.05, 3.63) is 29.3 Å². The summed E-state index contributed by atoms with van der Waals surface area (Å²) in [6, 6.07) is 7.47. The Balaban J connectivity index is 0.00000364. The zero-order valence-corrected chi connectivity index (χ0v) is 19.1. The van der Waals surface area contributed by atoms with Crippen LogP contribution < -0.4 is 15.4 Å². The molecule has 1 fully saturated rings. The van der Waals surface area contributed by atoms with Crippen LogP contribution in [0.5, 0.6) is 5.75 Å². The van der Waals surface area contributed by atoms with Crippen LogP contribution in [-0.2, 0) is 4.74 Å². The Morgan fingerprint density at radius 3 is 2.63 bits per heavy atom. The van der Waals surface area contributed by atoms with Crippen LogP contribution in [0.2, 0.25) is 5.02 Å². The van der Waals surface area contributed by atoms with Crippen LogP contribution in [0.1, 0.15) is 33.1 Å². The number of nitrogens with zero attached hydrogens (tertiary/aromatic N) is 1. The maximum Gasteiger partial charge on any atom is 0.191 e. The van der Waals surface area contributed by atoms with Crippen LogP contribution in [0.3, 0.4) is 0 Å². The van der Waals surface area contributed by atoms with Crippen LogP contribution in [0.4, 0.5) is 0 Å². The van der Waals surface area contributed by atoms with Crippen LogP contribution in [0.25, 0.3) is 0 Å². The molecule has 1 aliphatic rings. The lowest BCUT2D eigenvalue weighted by Crippen LogP contribution is -2.45. The van der Waals surface area contributed by atoms with Crippen molar-refractivity contribution in [2.24, 2.45) is 4.99 Å². The molecule has 0 saturated carbocycles. The first-order chi connectivity index (χ1) is 12.6. The molecule has 1 aromatic carbocycles. The predicted octanol–water partition coefficient (Wildman–Crippen LogP) is 3.21. The van der Waals surface area contributed by atoms with Crippen molar-refractivity contribution in [2.45, 2.75) is 44.8 Å². The average molecular weight is 512 g/mol. The van der Waals surface area contributed by atoms with Gasteiger partial charge < -0.3 is 25.2 Å². The van der Waals surface area contributed by atoms with E-state index in [4.69, 9.17) is 21.1 Å². The number of ether oxygens (including phenoxy) is 2. The molecule has 1 aromatic rings. The van der Waals surface area contributed by atoms with Gasteiger partial charge in [0, 0.05) is 32.6 Å². The minimum Gasteiger partial charge on any atom is -0.487 e. The zero-order chi connectivity index (χ0) is 18.8. The maximum atomic E-state index is 10.6. The Hall–Kier alpha value is -0.770. The molecule has 154 valence electrons. The summed E-state index contributed by atoms with van der Waals surface area (Å²) in [5.74, 6) is 1.36. The van der Waals surface area contributed by atoms with E-state index in [0.29, 0.717) is 55.9 Å². The molecule has 1 aliphatic heterocycles. The first-order valence-electron chi connectivity index (χ1n) is 9.30. The molecule has 0 radical (unpaired) electrons. The Kier molecular flexibility index (Phi) is 11.4. The van der Waals surface area contributed by atoms with Gasteiger partial charge in [0.15, 0.2) is 5.96 Å². The molecule has 0 amide bonds. The second-order valence-corrected chi connectivity index (χ2v) is 6.90. The number of hydrogen-bond acceptors (Lipinski definition) is 4. The predicted molar refractivity (Wildman–Crippen MR) is 121 cm³/mol. The number of hydrogen-bond donors (Lipinski definition) is 3. The Bertz CT molecular complexity index is 583. The summed E-state index contributed by atoms with van der Waals surface area (Å²) in [6.07, 6.45) is 2.02. The Labute approximate surface area is 184 Å². The van der Waals surface area contributed by atoms with Crippen molar-refractivity contribution in [3.8, 4) is 5.75 Å². The van der Waals surface area contributed by atoms with Crippen molar-refractivity contribution in [2.75, 3.05) is 32.8 Å². The van der Waals surface area contributed by atoms with Gasteiger partial charge in [-0.15, -0.1) is 24.0 Å². The van der Waals surface area contributed by atoms with E-state index in [-0.39, 0.29) is 30.1 Å². The number of nitrogens with one attached hydrogen (secondary N) is 2. The van der Waals surface area contributed by atoms with E-state index in [9.17, 15) is 5.11 Å². The van der Waals surface area contributed by atoms with Crippen molar-refractivity contribution >= 4 is 41.5 Å². The first kappa shape index (κ1) is 24.3. The largest absolute Gasteiger partial charge is 0.487 e. The molecular weight excluding hydrogens is 481 g/mol. The molecule has 0 aliphatic carbocycles. The van der Waals surface area contributed by atoms with Gasteiger partial charge in [0.25, 0.3) is 0 Å². The van der Waals surface area contributed by atoms with Crippen molar-refractivity contribution in [1.82, 2.24) is 10.6 Å². The standard InChI is InChI=1S/C19H30ClN3O3.HI/c1-3-15(26-17-8-6-5-7-16(17)20)13-22-18(21-4-2)23-14-19(24)9-11-25-12-10-19;/h5-8,15,24H,3-4,9-14H2,1-2H3,(H2,21,22,23);1H. The number of aliphatic imine (C=N–C) groups is 1. The molecule has 6 nitrogen and oxygen atoms in total. The lowest BCUT2D eigenvalue weighted by Gasteiger charge is -2.30. The average Bonchev–Trinajstić information content (AvgIpc) is 2.65. The third-order valence-electron chi connectivity index (χ3n) is 4.38. The number of halogens is 2. The molecule has 1 saturated heterocycles. The summed E-state index contributed by atoms with van der Waals surface area (Å²) in [6.45, 7) is 6.94. The SMILES string of the molecule is CCNC(=NCC1(O)CCOCC1)NCC(CC)Oc1ccccc1Cl.I. The van der Waals surface area contributed by atoms with E-state index in [1.54, 1.807) is 0 Å². The topological polar surface area (TPSA) is 75.1 Å². The quantitative estimate of drug-likeness (QED) is 0.284. The zero-order valence-electron chi connectivity index (χ0n) is 16.0. The third kappa shape index (κ3) is 8.41. The highest BCUT2D eigenvalue weighted by atomic mass is 127. The summed E-state index contributed by atoms with van der Waals surface area (Å²) in [5.41, 5.74) is -0.779. The number of aliphatic hydroxyl groups is 1. The monoisotopic (exact) mass is 511 g/mol. The lowest BCUT2D eigenvalue weighted by molar-refractivity contribution is -0.0566. The van der Waals surface area contributed by atoms with E-state index in [1.807, 2.05) is 31.2 Å². The number of guanidine groups is 1. The van der Waals surface area contributed by atoms with Gasteiger partial charge in [-0.25, -0.2) is 0 Å². The molecule has 1 atom stereocenters. The van der Waals surface area contributed by atoms with Gasteiger partial charge in [-0.3, -0.25) is 4.99 Å². The molecule has 0 spiro atoms. The van der Waals surface area contributed by atoms with Crippen LogP contribution in [0, 0.1) is 0 Å². The van der Waals surface area contributed by atoms with Gasteiger partial charge in [0.2, 0.25) is 0 Å². The summed E-state index contributed by atoms with van der Waals surface area (Å²) in [5, 5.41) is 17.7. The van der Waals surface area contributed by atoms with Crippen LogP contribution in [0.15, 0.2) is 29.3 Å². The van der Waals surface area contributed by atoms with Gasteiger partial charge in [0.1, 0.15) is 11.9 Å². The summed E-state index contributed by atoms with van der Waals surface area (Å²) in [7, 11) is 0. The number of para-hydroxylation sites is 1. The fraction of sp³-hybridized carbons (Fsp3) is 0.632. The van der Waals surface area contributed by atoms with E-state index in [0.717, 1.165) is 13.0 Å². The number of benzene rings is 1. The van der Waals surface area contributed by atoms with E-state index < -0.39 is 5.60 Å². The number of rotatable bonds is 8. The third-order valence-corrected chi connectivity index (χ3v) is 4.69. The second-order valence-electron chi connectivity index (χ2n) is 6.49. The van der Waals surface area contributed by atoms with Crippen LogP contribution in [-0.4, -0.2) is 55.6 Å². The maximum absolute atomic E-state index is 10.6. The summed E-state index contributed by atoms with van der Waals surface area (Å²) < 4.78 is 11.3. The van der Waals surface area contributed by atoms with E-state index >= 15 is 0 Å². The highest BCUT2D eigenvalue weighted by Crippen LogP contribution is 2.24. The molecule has 8 heteroatoms. The van der Waals surface area contributed by atoms with Gasteiger partial charge in [0.05, 0.1) is 23.7 Å². The van der Waals surface area contributed by atoms with Crippen molar-refractivity contribution in [3.63, 3.8) is 0 Å². The fourth-order valence-electron chi connectivity index (χ4n) is 2.68. The smallest absolute Gasteiger partial charge is 0.191 e. The molecule has 1 unspecified atom stereocenters. The molecular formula is C19H31ClIN3O3. The molecule has 0 aromatic heterocycles. The van der Waals surface area contributed by atoms with Crippen LogP contribution >= 0.6 is 35.6 Å². The van der Waals surface area contributed by atoms with E-state index in [2.05, 4.69) is 22.5 Å². The summed E-state index contributed by atoms with van der Waals surface area (Å²) in [4.78, 5) is 4.55. The highest BCUT2D eigenvalue weighted by molar-refractivity contribution is 14.0. The molecule has 1 heterocycles. The summed E-state index contributed by atoms with van der Waals surface area (Å²) >= 11 is 6.17. The Morgan fingerprint density at radius 2 is 2.00 bits per heavy atom.